The van der Waals surface area contributed by atoms with Crippen LogP contribution in [0.25, 0.3) is 0 Å². The van der Waals surface area contributed by atoms with Gasteiger partial charge in [0, 0.05) is 6.04 Å². The van der Waals surface area contributed by atoms with Crippen LogP contribution in [0.4, 0.5) is 0 Å². The van der Waals surface area contributed by atoms with E-state index in [-0.39, 0.29) is 0 Å². The number of nitrogens with zero attached hydrogens (tertiary/aromatic N) is 1. The van der Waals surface area contributed by atoms with E-state index in [0.29, 0.717) is 0 Å². The minimum absolute atomic E-state index is 0.829. The van der Waals surface area contributed by atoms with Crippen molar-refractivity contribution in [2.24, 2.45) is 0 Å². The lowest BCUT2D eigenvalue weighted by Crippen LogP contribution is -2.40. The van der Waals surface area contributed by atoms with E-state index in [2.05, 4.69) is 10.4 Å². The third kappa shape index (κ3) is 2.86. The van der Waals surface area contributed by atoms with Crippen molar-refractivity contribution in [3.8, 4) is 0 Å². The summed E-state index contributed by atoms with van der Waals surface area (Å²) in [5.41, 5.74) is 3.47. The van der Waals surface area contributed by atoms with Crippen LogP contribution in [-0.2, 0) is 0 Å². The Morgan fingerprint density at radius 2 is 1.69 bits per heavy atom. The Balaban J connectivity index is 1.80. The monoisotopic (exact) mass is 200 g/mol. The summed E-state index contributed by atoms with van der Waals surface area (Å²) in [5, 5.41) is 2.47. The maximum Gasteiger partial charge on any atom is 0.0604 e. The summed E-state index contributed by atoms with van der Waals surface area (Å²) < 4.78 is 0. The molecule has 3 heteroatoms. The van der Waals surface area contributed by atoms with Gasteiger partial charge in [-0.2, -0.15) is 0 Å². The molecule has 0 bridgehead atoms. The highest BCUT2D eigenvalue weighted by atomic mass is 32.2. The summed E-state index contributed by atoms with van der Waals surface area (Å²) in [7, 11) is 0. The van der Waals surface area contributed by atoms with Crippen molar-refractivity contribution >= 4 is 11.8 Å². The Bertz CT molecular complexity index is 138. The fourth-order valence-corrected chi connectivity index (χ4v) is 3.15. The smallest absolute Gasteiger partial charge is 0.0604 e. The van der Waals surface area contributed by atoms with Gasteiger partial charge in [0.1, 0.15) is 0 Å². The molecule has 0 aromatic carbocycles. The second kappa shape index (κ2) is 5.23. The molecule has 1 aliphatic heterocycles. The van der Waals surface area contributed by atoms with Gasteiger partial charge < -0.3 is 0 Å². The molecule has 2 rings (SSSR count). The van der Waals surface area contributed by atoms with Gasteiger partial charge in [-0.05, 0) is 12.8 Å². The Morgan fingerprint density at radius 3 is 2.31 bits per heavy atom. The maximum absolute atomic E-state index is 3.47. The van der Waals surface area contributed by atoms with Crippen LogP contribution in [0.3, 0.4) is 0 Å². The maximum atomic E-state index is 3.47. The molecule has 0 radical (unpaired) electrons. The second-order valence-corrected chi connectivity index (χ2v) is 5.06. The summed E-state index contributed by atoms with van der Waals surface area (Å²) in [5.74, 6) is 2.32. The molecular formula is C10H20N2S. The van der Waals surface area contributed by atoms with Gasteiger partial charge in [-0.1, -0.05) is 32.1 Å². The van der Waals surface area contributed by atoms with Crippen molar-refractivity contribution in [3.05, 3.63) is 0 Å². The zero-order valence-corrected chi connectivity index (χ0v) is 9.11. The van der Waals surface area contributed by atoms with Gasteiger partial charge >= 0.3 is 0 Å². The Kier molecular flexibility index (Phi) is 3.94. The molecule has 0 atom stereocenters. The summed E-state index contributed by atoms with van der Waals surface area (Å²) in [6, 6.07) is 0.829. The van der Waals surface area contributed by atoms with Crippen molar-refractivity contribution in [2.75, 3.05) is 11.8 Å². The van der Waals surface area contributed by atoms with E-state index in [1.807, 2.05) is 11.8 Å². The molecule has 0 aromatic rings. The Labute approximate surface area is 85.4 Å². The molecule has 1 heterocycles. The summed E-state index contributed by atoms with van der Waals surface area (Å²) in [6.07, 6.45) is 10.1. The SMILES string of the molecule is C1CCCC(N2CSCN2)CCC1. The van der Waals surface area contributed by atoms with Crippen LogP contribution in [0.5, 0.6) is 0 Å². The fraction of sp³-hybridized carbons (Fsp3) is 1.00. The zero-order chi connectivity index (χ0) is 8.93. The van der Waals surface area contributed by atoms with E-state index in [0.717, 1.165) is 11.9 Å². The van der Waals surface area contributed by atoms with Crippen LogP contribution in [0.1, 0.15) is 44.9 Å². The zero-order valence-electron chi connectivity index (χ0n) is 8.30. The average Bonchev–Trinajstić information content (AvgIpc) is 2.55. The van der Waals surface area contributed by atoms with Crippen molar-refractivity contribution in [1.29, 1.82) is 0 Å². The van der Waals surface area contributed by atoms with E-state index in [4.69, 9.17) is 0 Å². The van der Waals surface area contributed by atoms with Gasteiger partial charge in [-0.15, -0.1) is 11.8 Å². The van der Waals surface area contributed by atoms with Crippen molar-refractivity contribution in [2.45, 2.75) is 51.0 Å². The van der Waals surface area contributed by atoms with Gasteiger partial charge in [-0.3, -0.25) is 0 Å². The molecule has 2 aliphatic rings. The predicted molar refractivity (Wildman–Crippen MR) is 58.4 cm³/mol. The van der Waals surface area contributed by atoms with Crippen LogP contribution < -0.4 is 5.43 Å². The molecule has 1 N–H and O–H groups in total. The van der Waals surface area contributed by atoms with Crippen LogP contribution in [0.15, 0.2) is 0 Å². The first-order valence-corrected chi connectivity index (χ1v) is 6.70. The van der Waals surface area contributed by atoms with Gasteiger partial charge in [0.15, 0.2) is 0 Å². The van der Waals surface area contributed by atoms with Gasteiger partial charge in [-0.25, -0.2) is 10.4 Å². The van der Waals surface area contributed by atoms with Crippen LogP contribution in [-0.4, -0.2) is 22.8 Å². The lowest BCUT2D eigenvalue weighted by atomic mass is 9.96. The number of hydrogen-bond donors (Lipinski definition) is 1. The lowest BCUT2D eigenvalue weighted by Gasteiger charge is -2.28. The third-order valence-electron chi connectivity index (χ3n) is 3.12. The molecule has 1 aliphatic carbocycles. The Hall–Kier alpha value is 0.270. The first kappa shape index (κ1) is 9.81. The van der Waals surface area contributed by atoms with Crippen LogP contribution in [0, 0.1) is 0 Å². The van der Waals surface area contributed by atoms with E-state index in [1.54, 1.807) is 0 Å². The molecular weight excluding hydrogens is 180 g/mol. The quantitative estimate of drug-likeness (QED) is 0.700. The van der Waals surface area contributed by atoms with Crippen LogP contribution in [0.2, 0.25) is 0 Å². The first-order chi connectivity index (χ1) is 6.47. The van der Waals surface area contributed by atoms with Crippen molar-refractivity contribution in [1.82, 2.24) is 10.4 Å². The third-order valence-corrected chi connectivity index (χ3v) is 3.91. The standard InChI is InChI=1S/C10H20N2S/c1-2-4-6-10(7-5-3-1)12-9-13-8-11-12/h10-11H,1-9H2. The first-order valence-electron chi connectivity index (χ1n) is 5.55. The highest BCUT2D eigenvalue weighted by Crippen LogP contribution is 2.23. The Morgan fingerprint density at radius 1 is 1.00 bits per heavy atom. The minimum atomic E-state index is 0.829. The molecule has 1 saturated heterocycles. The van der Waals surface area contributed by atoms with E-state index < -0.39 is 0 Å². The van der Waals surface area contributed by atoms with Crippen molar-refractivity contribution in [3.63, 3.8) is 0 Å². The van der Waals surface area contributed by atoms with Crippen molar-refractivity contribution < 1.29 is 0 Å². The van der Waals surface area contributed by atoms with E-state index in [1.165, 1.54) is 50.8 Å². The molecule has 1 saturated carbocycles. The number of hydrazine groups is 1. The highest BCUT2D eigenvalue weighted by Gasteiger charge is 2.21. The van der Waals surface area contributed by atoms with Gasteiger partial charge in [0.25, 0.3) is 0 Å². The molecule has 2 fully saturated rings. The number of thioether (sulfide) groups is 1. The number of nitrogens with one attached hydrogen (secondary N) is 1. The van der Waals surface area contributed by atoms with Gasteiger partial charge in [0.05, 0.1) is 11.8 Å². The summed E-state index contributed by atoms with van der Waals surface area (Å²) in [4.78, 5) is 0. The second-order valence-electron chi connectivity index (χ2n) is 4.10. The minimum Gasteiger partial charge on any atom is -0.244 e. The predicted octanol–water partition coefficient (Wildman–Crippen LogP) is 2.57. The highest BCUT2D eigenvalue weighted by molar-refractivity contribution is 7.99. The molecule has 76 valence electrons. The topological polar surface area (TPSA) is 15.3 Å². The van der Waals surface area contributed by atoms with Gasteiger partial charge in [0.2, 0.25) is 0 Å². The summed E-state index contributed by atoms with van der Waals surface area (Å²) in [6.45, 7) is 0. The molecule has 0 amide bonds. The lowest BCUT2D eigenvalue weighted by molar-refractivity contribution is 0.151. The fourth-order valence-electron chi connectivity index (χ4n) is 2.30. The molecule has 0 unspecified atom stereocenters. The number of rotatable bonds is 1. The van der Waals surface area contributed by atoms with E-state index in [9.17, 15) is 0 Å². The van der Waals surface area contributed by atoms with Crippen LogP contribution >= 0.6 is 11.8 Å². The normalized spacial score (nSPS) is 28.6. The van der Waals surface area contributed by atoms with E-state index >= 15 is 0 Å². The largest absolute Gasteiger partial charge is 0.244 e. The average molecular weight is 200 g/mol. The molecule has 0 spiro atoms. The molecule has 13 heavy (non-hydrogen) atoms. The molecule has 0 aromatic heterocycles. The molecule has 2 nitrogen and oxygen atoms in total. The number of hydrogen-bond acceptors (Lipinski definition) is 3. The summed E-state index contributed by atoms with van der Waals surface area (Å²) >= 11 is 2.00.